The lowest BCUT2D eigenvalue weighted by Crippen LogP contribution is -2.52. The van der Waals surface area contributed by atoms with Gasteiger partial charge in [-0.2, -0.15) is 0 Å². The summed E-state index contributed by atoms with van der Waals surface area (Å²) in [5.74, 6) is -1.22. The molecule has 0 aromatic heterocycles. The van der Waals surface area contributed by atoms with Gasteiger partial charge in [-0.15, -0.1) is 0 Å². The first kappa shape index (κ1) is 21.4. The maximum absolute atomic E-state index is 12.2. The summed E-state index contributed by atoms with van der Waals surface area (Å²) < 4.78 is 0. The van der Waals surface area contributed by atoms with Crippen molar-refractivity contribution in [3.05, 3.63) is 29.8 Å². The zero-order valence-corrected chi connectivity index (χ0v) is 15.8. The number of aldehydes is 1. The molecule has 1 aliphatic heterocycles. The second kappa shape index (κ2) is 9.84. The molecule has 9 heteroatoms. The van der Waals surface area contributed by atoms with Gasteiger partial charge in [0.25, 0.3) is 0 Å². The quantitative estimate of drug-likeness (QED) is 0.423. The number of nitrogens with zero attached hydrogens (tertiary/aromatic N) is 1. The van der Waals surface area contributed by atoms with Crippen LogP contribution in [0.2, 0.25) is 0 Å². The number of amides is 3. The molecule has 1 fully saturated rings. The predicted octanol–water partition coefficient (Wildman–Crippen LogP) is -0.927. The number of nitrogens with one attached hydrogen (secondary N) is 2. The van der Waals surface area contributed by atoms with E-state index in [-0.39, 0.29) is 24.6 Å². The summed E-state index contributed by atoms with van der Waals surface area (Å²) >= 11 is 0. The van der Waals surface area contributed by atoms with Gasteiger partial charge in [0.1, 0.15) is 18.1 Å². The molecule has 0 spiro atoms. The van der Waals surface area contributed by atoms with Gasteiger partial charge in [0.05, 0.1) is 18.6 Å². The molecular weight excluding hydrogens is 364 g/mol. The molecule has 152 valence electrons. The molecule has 3 amide bonds. The van der Waals surface area contributed by atoms with Crippen molar-refractivity contribution >= 4 is 24.0 Å². The van der Waals surface area contributed by atoms with E-state index in [1.54, 1.807) is 12.1 Å². The smallest absolute Gasteiger partial charge is 0.242 e. The van der Waals surface area contributed by atoms with Gasteiger partial charge in [0, 0.05) is 6.54 Å². The van der Waals surface area contributed by atoms with Gasteiger partial charge in [-0.3, -0.25) is 14.4 Å². The van der Waals surface area contributed by atoms with Gasteiger partial charge in [-0.25, -0.2) is 0 Å². The third-order valence-corrected chi connectivity index (χ3v) is 4.67. The molecule has 0 aliphatic carbocycles. The van der Waals surface area contributed by atoms with Crippen LogP contribution in [-0.4, -0.2) is 65.2 Å². The summed E-state index contributed by atoms with van der Waals surface area (Å²) in [6.45, 7) is 1.76. The minimum atomic E-state index is -0.869. The minimum Gasteiger partial charge on any atom is -0.508 e. The van der Waals surface area contributed by atoms with Crippen LogP contribution in [0.4, 0.5) is 0 Å². The molecule has 0 saturated carbocycles. The standard InChI is InChI=1S/C19H26N4O5/c1-12(18(27)21-10-17(26)23-8-2-3-14(23)11-24)22-19(28)16(20)9-13-4-6-15(25)7-5-13/h4-7,11-12,14,16,25H,2-3,8-10,20H2,1H3,(H,21,27)(H,22,28)/t12-,14-,16-/m0/s1. The van der Waals surface area contributed by atoms with Crippen molar-refractivity contribution in [2.45, 2.75) is 44.3 Å². The number of likely N-dealkylation sites (tertiary alicyclic amines) is 1. The first-order chi connectivity index (χ1) is 13.3. The molecule has 0 radical (unpaired) electrons. The van der Waals surface area contributed by atoms with E-state index in [1.165, 1.54) is 24.0 Å². The van der Waals surface area contributed by atoms with Crippen molar-refractivity contribution in [1.29, 1.82) is 0 Å². The zero-order valence-electron chi connectivity index (χ0n) is 15.8. The lowest BCUT2D eigenvalue weighted by atomic mass is 10.1. The number of phenolic OH excluding ortho intramolecular Hbond substituents is 1. The van der Waals surface area contributed by atoms with Crippen LogP contribution >= 0.6 is 0 Å². The third kappa shape index (κ3) is 5.78. The second-order valence-electron chi connectivity index (χ2n) is 6.86. The van der Waals surface area contributed by atoms with E-state index in [0.717, 1.165) is 18.3 Å². The Morgan fingerprint density at radius 3 is 2.61 bits per heavy atom. The Morgan fingerprint density at radius 1 is 1.29 bits per heavy atom. The average molecular weight is 390 g/mol. The molecule has 0 unspecified atom stereocenters. The highest BCUT2D eigenvalue weighted by atomic mass is 16.3. The lowest BCUT2D eigenvalue weighted by molar-refractivity contribution is -0.136. The number of phenols is 1. The fourth-order valence-corrected chi connectivity index (χ4v) is 3.03. The number of hydrogen-bond donors (Lipinski definition) is 4. The Balaban J connectivity index is 1.77. The SMILES string of the molecule is C[C@H](NC(=O)[C@@H](N)Cc1ccc(O)cc1)C(=O)NCC(=O)N1CCC[C@H]1C=O. The minimum absolute atomic E-state index is 0.120. The van der Waals surface area contributed by atoms with E-state index in [4.69, 9.17) is 5.73 Å². The van der Waals surface area contributed by atoms with Gasteiger partial charge < -0.3 is 31.2 Å². The fourth-order valence-electron chi connectivity index (χ4n) is 3.03. The molecule has 28 heavy (non-hydrogen) atoms. The van der Waals surface area contributed by atoms with Crippen molar-refractivity contribution in [3.8, 4) is 5.75 Å². The van der Waals surface area contributed by atoms with Gasteiger partial charge in [-0.1, -0.05) is 12.1 Å². The fraction of sp³-hybridized carbons (Fsp3) is 0.474. The normalized spacial score (nSPS) is 18.2. The molecule has 0 bridgehead atoms. The second-order valence-corrected chi connectivity index (χ2v) is 6.86. The van der Waals surface area contributed by atoms with Gasteiger partial charge >= 0.3 is 0 Å². The van der Waals surface area contributed by atoms with Gasteiger partial charge in [0.15, 0.2) is 0 Å². The van der Waals surface area contributed by atoms with Crippen LogP contribution in [-0.2, 0) is 25.6 Å². The maximum Gasteiger partial charge on any atom is 0.242 e. The number of nitrogens with two attached hydrogens (primary N) is 1. The van der Waals surface area contributed by atoms with Crippen molar-refractivity contribution < 1.29 is 24.3 Å². The highest BCUT2D eigenvalue weighted by Crippen LogP contribution is 2.15. The van der Waals surface area contributed by atoms with Crippen LogP contribution < -0.4 is 16.4 Å². The number of hydrogen-bond acceptors (Lipinski definition) is 6. The highest BCUT2D eigenvalue weighted by Gasteiger charge is 2.28. The Bertz CT molecular complexity index is 722. The number of aromatic hydroxyl groups is 1. The predicted molar refractivity (Wildman–Crippen MR) is 101 cm³/mol. The summed E-state index contributed by atoms with van der Waals surface area (Å²) in [7, 11) is 0. The zero-order chi connectivity index (χ0) is 20.7. The molecule has 5 N–H and O–H groups in total. The van der Waals surface area contributed by atoms with E-state index in [1.807, 2.05) is 0 Å². The van der Waals surface area contributed by atoms with E-state index < -0.39 is 29.9 Å². The Kier molecular flexibility index (Phi) is 7.51. The Labute approximate surface area is 163 Å². The van der Waals surface area contributed by atoms with Crippen molar-refractivity contribution in [2.24, 2.45) is 5.73 Å². The summed E-state index contributed by atoms with van der Waals surface area (Å²) in [6.07, 6.45) is 2.38. The lowest BCUT2D eigenvalue weighted by Gasteiger charge is -2.21. The molecule has 1 aromatic carbocycles. The maximum atomic E-state index is 12.2. The summed E-state index contributed by atoms with van der Waals surface area (Å²) in [5.41, 5.74) is 6.65. The average Bonchev–Trinajstić information content (AvgIpc) is 3.16. The summed E-state index contributed by atoms with van der Waals surface area (Å²) in [5, 5.41) is 14.3. The number of carbonyl (C=O) groups excluding carboxylic acids is 4. The Hall–Kier alpha value is -2.94. The monoisotopic (exact) mass is 390 g/mol. The van der Waals surface area contributed by atoms with E-state index in [2.05, 4.69) is 10.6 Å². The van der Waals surface area contributed by atoms with Gasteiger partial charge in [-0.05, 0) is 43.9 Å². The molecule has 1 aromatic rings. The van der Waals surface area contributed by atoms with E-state index in [0.29, 0.717) is 13.0 Å². The molecule has 1 aliphatic rings. The van der Waals surface area contributed by atoms with Crippen LogP contribution in [0.3, 0.4) is 0 Å². The number of benzene rings is 1. The molecule has 1 saturated heterocycles. The Morgan fingerprint density at radius 2 is 1.96 bits per heavy atom. The molecular formula is C19H26N4O5. The first-order valence-electron chi connectivity index (χ1n) is 9.18. The van der Waals surface area contributed by atoms with E-state index in [9.17, 15) is 24.3 Å². The topological polar surface area (TPSA) is 142 Å². The van der Waals surface area contributed by atoms with Crippen molar-refractivity contribution in [2.75, 3.05) is 13.1 Å². The van der Waals surface area contributed by atoms with Crippen LogP contribution in [0, 0.1) is 0 Å². The number of carbonyl (C=O) groups is 4. The molecule has 9 nitrogen and oxygen atoms in total. The molecule has 3 atom stereocenters. The van der Waals surface area contributed by atoms with Crippen molar-refractivity contribution in [3.63, 3.8) is 0 Å². The highest BCUT2D eigenvalue weighted by molar-refractivity contribution is 5.92. The van der Waals surface area contributed by atoms with Crippen LogP contribution in [0.25, 0.3) is 0 Å². The largest absolute Gasteiger partial charge is 0.508 e. The van der Waals surface area contributed by atoms with Crippen molar-refractivity contribution in [1.82, 2.24) is 15.5 Å². The van der Waals surface area contributed by atoms with Crippen LogP contribution in [0.1, 0.15) is 25.3 Å². The van der Waals surface area contributed by atoms with Gasteiger partial charge in [0.2, 0.25) is 17.7 Å². The molecule has 2 rings (SSSR count). The summed E-state index contributed by atoms with van der Waals surface area (Å²) in [4.78, 5) is 48.8. The van der Waals surface area contributed by atoms with Crippen LogP contribution in [0.5, 0.6) is 5.75 Å². The van der Waals surface area contributed by atoms with E-state index >= 15 is 0 Å². The third-order valence-electron chi connectivity index (χ3n) is 4.67. The molecule has 1 heterocycles. The number of rotatable bonds is 8. The first-order valence-corrected chi connectivity index (χ1v) is 9.18. The van der Waals surface area contributed by atoms with Crippen LogP contribution in [0.15, 0.2) is 24.3 Å². The summed E-state index contributed by atoms with van der Waals surface area (Å²) in [6, 6.07) is 4.17.